The molecule has 282 valence electrons. The van der Waals surface area contributed by atoms with Gasteiger partial charge in [0.25, 0.3) is 0 Å². The Bertz CT molecular complexity index is 1280. The number of likely N-dealkylation sites (tertiary alicyclic amines) is 1. The van der Waals surface area contributed by atoms with Crippen LogP contribution in [0.1, 0.15) is 120 Å². The number of fused-ring (bicyclic) bond motifs is 1. The minimum atomic E-state index is -1.04. The Morgan fingerprint density at radius 2 is 1.38 bits per heavy atom. The number of Topliss-reactive ketones (excluding diaryl/α,β-unsaturated/α-hetero) is 2. The highest BCUT2D eigenvalue weighted by Crippen LogP contribution is 2.43. The molecule has 0 radical (unpaired) electrons. The van der Waals surface area contributed by atoms with Crippen LogP contribution in [-0.2, 0) is 33.5 Å². The molecule has 0 aromatic rings. The SMILES string of the molecule is CCC[C@H](NC(=O)[C@@H]1[C@H]2CCC[C@H]2CN1C(=O)[C@@H](NC(=O)[C@@H](NC(=O)[C@H](NC(=O)OC)C(C)(C)C)C1CCCCC1)C(C)(C)C)C(=O)C(C)=O. The largest absolute Gasteiger partial charge is 0.453 e. The molecule has 2 saturated carbocycles. The lowest BCUT2D eigenvalue weighted by molar-refractivity contribution is -0.146. The van der Waals surface area contributed by atoms with Crippen molar-refractivity contribution >= 4 is 41.3 Å². The molecule has 0 bridgehead atoms. The molecule has 2 aliphatic carbocycles. The van der Waals surface area contributed by atoms with Gasteiger partial charge in [-0.2, -0.15) is 0 Å². The highest BCUT2D eigenvalue weighted by atomic mass is 16.5. The molecule has 0 aromatic heterocycles. The molecular formula is C37H61N5O8. The van der Waals surface area contributed by atoms with Crippen molar-refractivity contribution in [3.63, 3.8) is 0 Å². The predicted octanol–water partition coefficient (Wildman–Crippen LogP) is 3.42. The number of ether oxygens (including phenoxy) is 1. The first kappa shape index (κ1) is 40.9. The summed E-state index contributed by atoms with van der Waals surface area (Å²) in [4.78, 5) is 95.0. The Balaban J connectivity index is 1.92. The Morgan fingerprint density at radius 3 is 1.92 bits per heavy atom. The number of nitrogens with one attached hydrogen (secondary N) is 4. The van der Waals surface area contributed by atoms with Gasteiger partial charge in [-0.25, -0.2) is 4.79 Å². The summed E-state index contributed by atoms with van der Waals surface area (Å²) in [5.74, 6) is -3.37. The van der Waals surface area contributed by atoms with Crippen molar-refractivity contribution in [3.05, 3.63) is 0 Å². The van der Waals surface area contributed by atoms with Gasteiger partial charge in [-0.1, -0.05) is 80.6 Å². The second-order valence-electron chi connectivity index (χ2n) is 16.7. The number of rotatable bonds is 13. The van der Waals surface area contributed by atoms with E-state index in [-0.39, 0.29) is 17.8 Å². The molecular weight excluding hydrogens is 642 g/mol. The zero-order valence-electron chi connectivity index (χ0n) is 31.6. The molecule has 7 atom stereocenters. The van der Waals surface area contributed by atoms with Crippen LogP contribution in [0.4, 0.5) is 4.79 Å². The minimum absolute atomic E-state index is 0.101. The summed E-state index contributed by atoms with van der Waals surface area (Å²) in [5, 5.41) is 11.3. The molecule has 13 heteroatoms. The van der Waals surface area contributed by atoms with Gasteiger partial charge >= 0.3 is 6.09 Å². The van der Waals surface area contributed by atoms with Crippen LogP contribution in [-0.4, -0.2) is 90.1 Å². The fourth-order valence-electron chi connectivity index (χ4n) is 7.93. The summed E-state index contributed by atoms with van der Waals surface area (Å²) in [6, 6.07) is -4.81. The first-order valence-electron chi connectivity index (χ1n) is 18.4. The van der Waals surface area contributed by atoms with Gasteiger partial charge in [-0.05, 0) is 60.7 Å². The number of hydrogen-bond donors (Lipinski definition) is 4. The van der Waals surface area contributed by atoms with Gasteiger partial charge in [0.2, 0.25) is 29.4 Å². The lowest BCUT2D eigenvalue weighted by Gasteiger charge is -2.39. The molecule has 1 heterocycles. The van der Waals surface area contributed by atoms with E-state index in [9.17, 15) is 33.6 Å². The fraction of sp³-hybridized carbons (Fsp3) is 0.811. The van der Waals surface area contributed by atoms with Crippen LogP contribution in [0.2, 0.25) is 0 Å². The number of carbonyl (C=O) groups excluding carboxylic acids is 7. The van der Waals surface area contributed by atoms with Crippen molar-refractivity contribution in [2.45, 2.75) is 150 Å². The van der Waals surface area contributed by atoms with Gasteiger partial charge in [-0.15, -0.1) is 0 Å². The van der Waals surface area contributed by atoms with Crippen LogP contribution in [0.3, 0.4) is 0 Å². The number of hydrogen-bond acceptors (Lipinski definition) is 8. The van der Waals surface area contributed by atoms with E-state index in [1.54, 1.807) is 25.7 Å². The molecule has 0 spiro atoms. The van der Waals surface area contributed by atoms with Crippen LogP contribution in [0.5, 0.6) is 0 Å². The molecule has 5 amide bonds. The summed E-state index contributed by atoms with van der Waals surface area (Å²) < 4.78 is 4.76. The minimum Gasteiger partial charge on any atom is -0.453 e. The topological polar surface area (TPSA) is 180 Å². The third-order valence-electron chi connectivity index (χ3n) is 10.7. The fourth-order valence-corrected chi connectivity index (χ4v) is 7.93. The average molecular weight is 704 g/mol. The molecule has 1 aliphatic heterocycles. The number of methoxy groups -OCH3 is 1. The van der Waals surface area contributed by atoms with Crippen molar-refractivity contribution in [1.82, 2.24) is 26.2 Å². The molecule has 50 heavy (non-hydrogen) atoms. The highest BCUT2D eigenvalue weighted by Gasteiger charge is 2.52. The number of alkyl carbamates (subject to hydrolysis) is 1. The van der Waals surface area contributed by atoms with E-state index in [2.05, 4.69) is 21.3 Å². The Hall–Kier alpha value is -3.51. The zero-order valence-corrected chi connectivity index (χ0v) is 31.6. The number of nitrogens with zero attached hydrogens (tertiary/aromatic N) is 1. The number of ketones is 2. The standard InChI is InChI=1S/C37H61N5O8/c1-10-15-25(28(44)21(2)43)38-32(46)27-24-19-14-18-23(24)20-42(27)34(48)30(37(6,7)8)40-31(45)26(22-16-12-11-13-17-22)39-33(47)29(36(3,4)5)41-35(49)50-9/h22-27,29-30H,10-20H2,1-9H3,(H,38,46)(H,39,47)(H,40,45)(H,41,49)/t23-,24-,25-,26-,27-,29-,30+/m0/s1. The maximum Gasteiger partial charge on any atom is 0.407 e. The quantitative estimate of drug-likeness (QED) is 0.211. The number of amides is 5. The Labute approximate surface area is 297 Å². The van der Waals surface area contributed by atoms with E-state index in [0.717, 1.165) is 38.5 Å². The molecule has 3 aliphatic rings. The van der Waals surface area contributed by atoms with E-state index >= 15 is 0 Å². The van der Waals surface area contributed by atoms with Crippen LogP contribution in [0.15, 0.2) is 0 Å². The van der Waals surface area contributed by atoms with Crippen LogP contribution in [0.25, 0.3) is 0 Å². The van der Waals surface area contributed by atoms with Gasteiger partial charge < -0.3 is 30.9 Å². The van der Waals surface area contributed by atoms with Gasteiger partial charge in [0.1, 0.15) is 24.2 Å². The lowest BCUT2D eigenvalue weighted by Crippen LogP contribution is -2.63. The van der Waals surface area contributed by atoms with Gasteiger partial charge in [0, 0.05) is 13.5 Å². The van der Waals surface area contributed by atoms with E-state index in [0.29, 0.717) is 32.2 Å². The van der Waals surface area contributed by atoms with E-state index in [1.807, 2.05) is 27.7 Å². The van der Waals surface area contributed by atoms with E-state index in [1.165, 1.54) is 14.0 Å². The molecule has 3 fully saturated rings. The average Bonchev–Trinajstić information content (AvgIpc) is 3.65. The van der Waals surface area contributed by atoms with E-state index in [4.69, 9.17) is 4.74 Å². The van der Waals surface area contributed by atoms with Crippen molar-refractivity contribution < 1.29 is 38.3 Å². The Kier molecular flexibility index (Phi) is 14.0. The monoisotopic (exact) mass is 703 g/mol. The summed E-state index contributed by atoms with van der Waals surface area (Å²) in [6.45, 7) is 14.3. The van der Waals surface area contributed by atoms with Crippen molar-refractivity contribution in [1.29, 1.82) is 0 Å². The van der Waals surface area contributed by atoms with Crippen molar-refractivity contribution in [2.24, 2.45) is 28.6 Å². The highest BCUT2D eigenvalue weighted by molar-refractivity contribution is 6.38. The molecule has 1 saturated heterocycles. The normalized spacial score (nSPS) is 23.5. The first-order chi connectivity index (χ1) is 23.3. The maximum atomic E-state index is 14.6. The van der Waals surface area contributed by atoms with Crippen LogP contribution < -0.4 is 21.3 Å². The first-order valence-corrected chi connectivity index (χ1v) is 18.4. The maximum absolute atomic E-state index is 14.6. The number of carbonyl (C=O) groups is 7. The van der Waals surface area contributed by atoms with Crippen molar-refractivity contribution in [3.8, 4) is 0 Å². The predicted molar refractivity (Wildman–Crippen MR) is 188 cm³/mol. The molecule has 0 unspecified atom stereocenters. The Morgan fingerprint density at radius 1 is 0.760 bits per heavy atom. The molecule has 13 nitrogen and oxygen atoms in total. The smallest absolute Gasteiger partial charge is 0.407 e. The third kappa shape index (κ3) is 10.1. The third-order valence-corrected chi connectivity index (χ3v) is 10.7. The van der Waals surface area contributed by atoms with Crippen molar-refractivity contribution in [2.75, 3.05) is 13.7 Å². The second-order valence-corrected chi connectivity index (χ2v) is 16.7. The molecule has 3 rings (SSSR count). The lowest BCUT2D eigenvalue weighted by atomic mass is 9.81. The zero-order chi connectivity index (χ0) is 37.6. The molecule has 4 N–H and O–H groups in total. The summed E-state index contributed by atoms with van der Waals surface area (Å²) in [5.41, 5.74) is -1.48. The summed E-state index contributed by atoms with van der Waals surface area (Å²) in [6.07, 6.45) is 6.90. The summed E-state index contributed by atoms with van der Waals surface area (Å²) in [7, 11) is 1.21. The van der Waals surface area contributed by atoms with Gasteiger partial charge in [0.05, 0.1) is 13.2 Å². The van der Waals surface area contributed by atoms with Crippen LogP contribution >= 0.6 is 0 Å². The van der Waals surface area contributed by atoms with E-state index < -0.39 is 82.3 Å². The second kappa shape index (κ2) is 17.1. The van der Waals surface area contributed by atoms with Crippen LogP contribution in [0, 0.1) is 28.6 Å². The van der Waals surface area contributed by atoms with Gasteiger partial charge in [0.15, 0.2) is 5.78 Å². The summed E-state index contributed by atoms with van der Waals surface area (Å²) >= 11 is 0. The van der Waals surface area contributed by atoms with Gasteiger partial charge in [-0.3, -0.25) is 28.8 Å². The molecule has 0 aromatic carbocycles.